The SMILES string of the molecule is COC1(CNS(=O)(=O)CCC2CCNCC2)CCOC1. The van der Waals surface area contributed by atoms with Gasteiger partial charge in [-0.1, -0.05) is 0 Å². The van der Waals surface area contributed by atoms with E-state index in [9.17, 15) is 8.42 Å². The number of hydrogen-bond donors (Lipinski definition) is 2. The Morgan fingerprint density at radius 3 is 2.75 bits per heavy atom. The van der Waals surface area contributed by atoms with Crippen molar-refractivity contribution in [1.29, 1.82) is 0 Å². The lowest BCUT2D eigenvalue weighted by atomic mass is 9.96. The van der Waals surface area contributed by atoms with Gasteiger partial charge in [0.15, 0.2) is 0 Å². The van der Waals surface area contributed by atoms with Crippen molar-refractivity contribution < 1.29 is 17.9 Å². The molecule has 0 aliphatic carbocycles. The molecule has 0 aromatic rings. The van der Waals surface area contributed by atoms with Crippen molar-refractivity contribution in [1.82, 2.24) is 10.0 Å². The van der Waals surface area contributed by atoms with E-state index in [2.05, 4.69) is 10.0 Å². The maximum absolute atomic E-state index is 12.1. The van der Waals surface area contributed by atoms with Crippen molar-refractivity contribution in [2.75, 3.05) is 45.7 Å². The lowest BCUT2D eigenvalue weighted by Gasteiger charge is -2.26. The zero-order chi connectivity index (χ0) is 14.5. The molecular weight excluding hydrogens is 280 g/mol. The Hall–Kier alpha value is -0.210. The van der Waals surface area contributed by atoms with Crippen molar-refractivity contribution in [2.45, 2.75) is 31.3 Å². The van der Waals surface area contributed by atoms with Gasteiger partial charge in [0.1, 0.15) is 5.60 Å². The molecule has 6 nitrogen and oxygen atoms in total. The minimum atomic E-state index is -3.22. The van der Waals surface area contributed by atoms with Crippen LogP contribution in [-0.2, 0) is 19.5 Å². The van der Waals surface area contributed by atoms with E-state index >= 15 is 0 Å². The number of hydrogen-bond acceptors (Lipinski definition) is 5. The quantitative estimate of drug-likeness (QED) is 0.698. The number of rotatable bonds is 7. The molecular formula is C13H26N2O4S. The summed E-state index contributed by atoms with van der Waals surface area (Å²) in [4.78, 5) is 0. The number of methoxy groups -OCH3 is 1. The Bertz CT molecular complexity index is 387. The summed E-state index contributed by atoms with van der Waals surface area (Å²) < 4.78 is 37.5. The lowest BCUT2D eigenvalue weighted by molar-refractivity contribution is -0.0120. The first-order valence-corrected chi connectivity index (χ1v) is 9.01. The number of sulfonamides is 1. The van der Waals surface area contributed by atoms with Gasteiger partial charge in [-0.2, -0.15) is 0 Å². The molecule has 2 rings (SSSR count). The second-order valence-electron chi connectivity index (χ2n) is 5.81. The molecule has 2 saturated heterocycles. The van der Waals surface area contributed by atoms with Gasteiger partial charge in [0.25, 0.3) is 0 Å². The maximum Gasteiger partial charge on any atom is 0.211 e. The number of piperidine rings is 1. The van der Waals surface area contributed by atoms with Crippen molar-refractivity contribution >= 4 is 10.0 Å². The molecule has 7 heteroatoms. The van der Waals surface area contributed by atoms with Crippen molar-refractivity contribution in [3.8, 4) is 0 Å². The maximum atomic E-state index is 12.1. The summed E-state index contributed by atoms with van der Waals surface area (Å²) in [7, 11) is -1.61. The van der Waals surface area contributed by atoms with Gasteiger partial charge >= 0.3 is 0 Å². The molecule has 0 aromatic heterocycles. The van der Waals surface area contributed by atoms with Gasteiger partial charge in [0.05, 0.1) is 12.4 Å². The van der Waals surface area contributed by atoms with Gasteiger partial charge in [0, 0.05) is 26.7 Å². The van der Waals surface area contributed by atoms with Crippen LogP contribution in [0.25, 0.3) is 0 Å². The van der Waals surface area contributed by atoms with Gasteiger partial charge in [-0.3, -0.25) is 0 Å². The summed E-state index contributed by atoms with van der Waals surface area (Å²) in [6, 6.07) is 0. The predicted octanol–water partition coefficient (Wildman–Crippen LogP) is 0.101. The van der Waals surface area contributed by atoms with E-state index in [0.717, 1.165) is 38.8 Å². The Morgan fingerprint density at radius 1 is 1.40 bits per heavy atom. The van der Waals surface area contributed by atoms with E-state index in [1.54, 1.807) is 7.11 Å². The van der Waals surface area contributed by atoms with E-state index in [4.69, 9.17) is 9.47 Å². The number of ether oxygens (including phenoxy) is 2. The molecule has 20 heavy (non-hydrogen) atoms. The predicted molar refractivity (Wildman–Crippen MR) is 77.2 cm³/mol. The van der Waals surface area contributed by atoms with Crippen molar-refractivity contribution in [2.24, 2.45) is 5.92 Å². The first-order chi connectivity index (χ1) is 9.55. The minimum Gasteiger partial charge on any atom is -0.378 e. The summed E-state index contributed by atoms with van der Waals surface area (Å²) in [5.74, 6) is 0.734. The third-order valence-corrected chi connectivity index (χ3v) is 5.73. The van der Waals surface area contributed by atoms with Crippen LogP contribution in [0, 0.1) is 5.92 Å². The fourth-order valence-corrected chi connectivity index (χ4v) is 4.04. The zero-order valence-electron chi connectivity index (χ0n) is 12.2. The highest BCUT2D eigenvalue weighted by Crippen LogP contribution is 2.22. The Labute approximate surface area is 121 Å². The molecule has 0 saturated carbocycles. The summed E-state index contributed by atoms with van der Waals surface area (Å²) in [6.45, 7) is 3.40. The van der Waals surface area contributed by atoms with Crippen LogP contribution in [0.5, 0.6) is 0 Å². The van der Waals surface area contributed by atoms with Crippen molar-refractivity contribution in [3.05, 3.63) is 0 Å². The molecule has 2 aliphatic heterocycles. The fraction of sp³-hybridized carbons (Fsp3) is 1.00. The Balaban J connectivity index is 1.75. The second kappa shape index (κ2) is 7.17. The summed E-state index contributed by atoms with van der Waals surface area (Å²) in [5, 5.41) is 3.29. The van der Waals surface area contributed by atoms with Gasteiger partial charge < -0.3 is 14.8 Å². The molecule has 2 heterocycles. The molecule has 0 amide bonds. The van der Waals surface area contributed by atoms with Gasteiger partial charge in [-0.05, 0) is 38.3 Å². The Kier molecular flexibility index (Phi) is 5.80. The Morgan fingerprint density at radius 2 is 2.15 bits per heavy atom. The first-order valence-electron chi connectivity index (χ1n) is 7.36. The third kappa shape index (κ3) is 4.66. The van der Waals surface area contributed by atoms with Crippen LogP contribution >= 0.6 is 0 Å². The van der Waals surface area contributed by atoms with E-state index < -0.39 is 15.6 Å². The fourth-order valence-electron chi connectivity index (χ4n) is 2.77. The molecule has 0 radical (unpaired) electrons. The molecule has 2 fully saturated rings. The highest BCUT2D eigenvalue weighted by molar-refractivity contribution is 7.89. The summed E-state index contributed by atoms with van der Waals surface area (Å²) in [5.41, 5.74) is -0.484. The molecule has 2 aliphatic rings. The van der Waals surface area contributed by atoms with E-state index in [0.29, 0.717) is 25.7 Å². The molecule has 1 atom stereocenters. The topological polar surface area (TPSA) is 76.7 Å². The highest BCUT2D eigenvalue weighted by Gasteiger charge is 2.36. The zero-order valence-corrected chi connectivity index (χ0v) is 13.0. The van der Waals surface area contributed by atoms with E-state index in [1.165, 1.54) is 0 Å². The monoisotopic (exact) mass is 306 g/mol. The smallest absolute Gasteiger partial charge is 0.211 e. The molecule has 118 valence electrons. The van der Waals surface area contributed by atoms with Crippen LogP contribution in [-0.4, -0.2) is 59.7 Å². The lowest BCUT2D eigenvalue weighted by Crippen LogP contribution is -2.45. The molecule has 2 N–H and O–H groups in total. The van der Waals surface area contributed by atoms with E-state index in [-0.39, 0.29) is 5.75 Å². The van der Waals surface area contributed by atoms with Crippen LogP contribution in [0.1, 0.15) is 25.7 Å². The third-order valence-electron chi connectivity index (χ3n) is 4.37. The minimum absolute atomic E-state index is 0.207. The average Bonchev–Trinajstić information content (AvgIpc) is 2.94. The van der Waals surface area contributed by atoms with Gasteiger partial charge in [-0.25, -0.2) is 13.1 Å². The van der Waals surface area contributed by atoms with Crippen LogP contribution in [0.15, 0.2) is 0 Å². The first kappa shape index (κ1) is 16.2. The van der Waals surface area contributed by atoms with Crippen LogP contribution in [0.2, 0.25) is 0 Å². The highest BCUT2D eigenvalue weighted by atomic mass is 32.2. The summed E-state index contributed by atoms with van der Waals surface area (Å²) in [6.07, 6.45) is 3.63. The van der Waals surface area contributed by atoms with Crippen LogP contribution < -0.4 is 10.0 Å². The van der Waals surface area contributed by atoms with Crippen LogP contribution in [0.3, 0.4) is 0 Å². The second-order valence-corrected chi connectivity index (χ2v) is 7.74. The van der Waals surface area contributed by atoms with Crippen LogP contribution in [0.4, 0.5) is 0 Å². The van der Waals surface area contributed by atoms with Gasteiger partial charge in [0.2, 0.25) is 10.0 Å². The molecule has 0 aromatic carbocycles. The standard InChI is InChI=1S/C13H26N2O4S/c1-18-13(5-8-19-11-13)10-15-20(16,17)9-4-12-2-6-14-7-3-12/h12,14-15H,2-11H2,1H3. The summed E-state index contributed by atoms with van der Waals surface area (Å²) >= 11 is 0. The average molecular weight is 306 g/mol. The molecule has 1 unspecified atom stereocenters. The number of nitrogens with one attached hydrogen (secondary N) is 2. The molecule has 0 spiro atoms. The van der Waals surface area contributed by atoms with E-state index in [1.807, 2.05) is 0 Å². The largest absolute Gasteiger partial charge is 0.378 e. The molecule has 0 bridgehead atoms. The normalized spacial score (nSPS) is 28.9. The van der Waals surface area contributed by atoms with Crippen molar-refractivity contribution in [3.63, 3.8) is 0 Å². The van der Waals surface area contributed by atoms with Gasteiger partial charge in [-0.15, -0.1) is 0 Å².